The number of amidine groups is 2. The van der Waals surface area contributed by atoms with Crippen LogP contribution < -0.4 is 43.5 Å². The smallest absolute Gasteiger partial charge is 1.00 e. The van der Waals surface area contributed by atoms with Crippen molar-refractivity contribution in [1.29, 1.82) is 0 Å². The van der Waals surface area contributed by atoms with E-state index in [2.05, 4.69) is 104 Å². The first-order valence-electron chi connectivity index (χ1n) is 14.8. The fraction of sp³-hybridized carbons (Fsp3) is 0.0556. The monoisotopic (exact) mass is 830 g/mol. The van der Waals surface area contributed by atoms with Crippen LogP contribution in [0, 0.1) is 10.1 Å². The Hall–Kier alpha value is -4.35. The minimum Gasteiger partial charge on any atom is -1.00 e. The van der Waals surface area contributed by atoms with Crippen LogP contribution in [0.4, 0.5) is 5.69 Å². The van der Waals surface area contributed by atoms with Crippen molar-refractivity contribution in [2.24, 2.45) is 20.4 Å². The van der Waals surface area contributed by atoms with Crippen LogP contribution in [0.5, 0.6) is 0 Å². The molecule has 0 aromatic heterocycles. The zero-order chi connectivity index (χ0) is 33.8. The number of nitrogens with zero attached hydrogens (tertiary/aromatic N) is 5. The fourth-order valence-corrected chi connectivity index (χ4v) is 9.18. The van der Waals surface area contributed by atoms with Gasteiger partial charge in [-0.25, -0.2) is 0 Å². The minimum atomic E-state index is -2.24. The standard InChI is InChI=1S/C36H32N7O2PS2.BrH.Cu/c1-37-35(47)41-39-34(28-22-24-29(25-23-28)43(44)45)33(27-14-6-2-7-15-27)40-42-36(48)38-26-46(30-16-8-3-9-17-30,31-18-10-4-11-19-31)32-20-12-5-13-21-32;;/h2-25H,26H2,1H3,(H3-,37,38,39,40,41,42,47,48);1H;/q;;+2/p-2. The maximum absolute atomic E-state index is 11.3. The molecule has 14 heteroatoms. The summed E-state index contributed by atoms with van der Waals surface area (Å²) < 4.78 is 0. The van der Waals surface area contributed by atoms with Crippen molar-refractivity contribution in [3.05, 3.63) is 167 Å². The molecule has 0 heterocycles. The van der Waals surface area contributed by atoms with E-state index in [1.54, 1.807) is 19.2 Å². The van der Waals surface area contributed by atoms with Crippen molar-refractivity contribution >= 4 is 75.9 Å². The number of halogens is 1. The van der Waals surface area contributed by atoms with Crippen LogP contribution in [0.15, 0.2) is 166 Å². The molecule has 5 rings (SSSR count). The summed E-state index contributed by atoms with van der Waals surface area (Å²) in [5.41, 5.74) is 1.82. The fourth-order valence-electron chi connectivity index (χ4n) is 5.05. The Kier molecular flexibility index (Phi) is 15.8. The van der Waals surface area contributed by atoms with Gasteiger partial charge >= 0.3 is 17.1 Å². The van der Waals surface area contributed by atoms with Gasteiger partial charge in [-0.3, -0.25) is 10.1 Å². The molecule has 0 saturated carbocycles. The number of nitro benzene ring substituents is 1. The van der Waals surface area contributed by atoms with E-state index in [0.717, 1.165) is 0 Å². The Bertz CT molecular complexity index is 1860. The molecule has 0 spiro atoms. The largest absolute Gasteiger partial charge is 2.00 e. The average Bonchev–Trinajstić information content (AvgIpc) is 3.14. The van der Waals surface area contributed by atoms with Crippen LogP contribution in [-0.4, -0.2) is 40.0 Å². The van der Waals surface area contributed by atoms with E-state index in [-0.39, 0.29) is 50.1 Å². The zero-order valence-corrected chi connectivity index (χ0v) is 31.6. The Morgan fingerprint density at radius 1 is 0.620 bits per heavy atom. The molecule has 0 aliphatic heterocycles. The van der Waals surface area contributed by atoms with Gasteiger partial charge in [0.1, 0.15) is 40.9 Å². The van der Waals surface area contributed by atoms with Gasteiger partial charge < -0.3 is 52.9 Å². The number of benzene rings is 5. The number of hydrogen-bond acceptors (Lipinski definition) is 8. The molecule has 5 aromatic carbocycles. The first kappa shape index (κ1) is 40.1. The first-order valence-corrected chi connectivity index (χ1v) is 17.6. The summed E-state index contributed by atoms with van der Waals surface area (Å²) in [5.74, 6) is 0. The van der Waals surface area contributed by atoms with Crippen molar-refractivity contribution in [3.63, 3.8) is 0 Å². The molecule has 50 heavy (non-hydrogen) atoms. The molecule has 0 saturated heterocycles. The van der Waals surface area contributed by atoms with Crippen molar-refractivity contribution in [2.45, 2.75) is 0 Å². The number of hydrogen-bond donors (Lipinski definition) is 2. The van der Waals surface area contributed by atoms with E-state index in [1.165, 1.54) is 28.0 Å². The van der Waals surface area contributed by atoms with Crippen LogP contribution in [0.1, 0.15) is 11.1 Å². The predicted molar refractivity (Wildman–Crippen MR) is 204 cm³/mol. The van der Waals surface area contributed by atoms with E-state index >= 15 is 0 Å². The first-order chi connectivity index (χ1) is 23.4. The van der Waals surface area contributed by atoms with Crippen LogP contribution in [0.2, 0.25) is 0 Å². The van der Waals surface area contributed by atoms with E-state index < -0.39 is 12.2 Å². The van der Waals surface area contributed by atoms with Crippen molar-refractivity contribution in [3.8, 4) is 0 Å². The third-order valence-electron chi connectivity index (χ3n) is 7.38. The summed E-state index contributed by atoms with van der Waals surface area (Å²) >= 11 is 11.0. The van der Waals surface area contributed by atoms with Crippen molar-refractivity contribution in [2.75, 3.05) is 13.3 Å². The van der Waals surface area contributed by atoms with Crippen LogP contribution in [0.3, 0.4) is 0 Å². The summed E-state index contributed by atoms with van der Waals surface area (Å²) in [6.07, 6.45) is 0.499. The molecule has 9 nitrogen and oxygen atoms in total. The zero-order valence-electron chi connectivity index (χ0n) is 26.6. The Labute approximate surface area is 324 Å². The second kappa shape index (κ2) is 19.7. The molecule has 257 valence electrons. The summed E-state index contributed by atoms with van der Waals surface area (Å²) in [6.45, 7) is 0. The number of rotatable bonds is 11. The molecule has 0 atom stereocenters. The summed E-state index contributed by atoms with van der Waals surface area (Å²) in [5, 5.41) is 39.1. The summed E-state index contributed by atoms with van der Waals surface area (Å²) in [4.78, 5) is 10.9. The third-order valence-corrected chi connectivity index (χ3v) is 12.1. The molecule has 1 radical (unpaired) electrons. The molecule has 0 fully saturated rings. The molecule has 0 bridgehead atoms. The molecule has 5 aromatic rings. The Balaban J connectivity index is 0.00000338. The van der Waals surface area contributed by atoms with Crippen LogP contribution in [0.25, 0.3) is 0 Å². The maximum Gasteiger partial charge on any atom is 2.00 e. The second-order valence-corrected chi connectivity index (χ2v) is 14.5. The molecule has 0 aliphatic carbocycles. The number of nitrogens with one attached hydrogen (secondary N) is 2. The van der Waals surface area contributed by atoms with Gasteiger partial charge in [0, 0.05) is 35.5 Å². The second-order valence-electron chi connectivity index (χ2n) is 10.3. The molecule has 0 aliphatic rings. The number of nitro groups is 1. The topological polar surface area (TPSA) is 117 Å². The minimum absolute atomic E-state index is 0. The van der Waals surface area contributed by atoms with E-state index in [9.17, 15) is 10.1 Å². The summed E-state index contributed by atoms with van der Waals surface area (Å²) in [7, 11) is -0.599. The third kappa shape index (κ3) is 9.88. The van der Waals surface area contributed by atoms with E-state index in [4.69, 9.17) is 25.3 Å². The SMILES string of the molecule is CNC([S-])=NN=C(C(=NN=C([S-])NC[P+](c1ccccc1)(c1ccccc1)c1ccccc1)c1ccccc1)c1ccc([N+](=O)[O-])cc1.[Br-].[Cu+2]. The quantitative estimate of drug-likeness (QED) is 0.0402. The molecular formula is C36H31BrCuN7O2PS2. The van der Waals surface area contributed by atoms with Gasteiger partial charge in [-0.1, -0.05) is 84.9 Å². The average molecular weight is 832 g/mol. The molecule has 0 amide bonds. The normalized spacial score (nSPS) is 12.3. The Morgan fingerprint density at radius 3 is 1.40 bits per heavy atom. The van der Waals surface area contributed by atoms with Gasteiger partial charge in [0.05, 0.1) is 4.92 Å². The molecule has 0 unspecified atom stereocenters. The molecule has 2 N–H and O–H groups in total. The van der Waals surface area contributed by atoms with Gasteiger partial charge in [0.25, 0.3) is 5.69 Å². The number of non-ortho nitro benzene ring substituents is 1. The van der Waals surface area contributed by atoms with E-state index in [1.807, 2.05) is 48.5 Å². The molecular weight excluding hydrogens is 801 g/mol. The van der Waals surface area contributed by atoms with Crippen molar-refractivity contribution < 1.29 is 39.0 Å². The van der Waals surface area contributed by atoms with Gasteiger partial charge in [-0.2, -0.15) is 10.2 Å². The predicted octanol–water partition coefficient (Wildman–Crippen LogP) is 2.27. The Morgan fingerprint density at radius 2 is 1.00 bits per heavy atom. The van der Waals surface area contributed by atoms with Gasteiger partial charge in [0.15, 0.2) is 0 Å². The van der Waals surface area contributed by atoms with Gasteiger partial charge in [-0.15, -0.1) is 10.2 Å². The van der Waals surface area contributed by atoms with Gasteiger partial charge in [-0.05, 0) is 53.7 Å². The van der Waals surface area contributed by atoms with Crippen molar-refractivity contribution in [1.82, 2.24) is 10.6 Å². The maximum atomic E-state index is 11.3. The van der Waals surface area contributed by atoms with E-state index in [0.29, 0.717) is 28.8 Å². The van der Waals surface area contributed by atoms with Crippen LogP contribution >= 0.6 is 7.26 Å². The van der Waals surface area contributed by atoms with Crippen LogP contribution in [-0.2, 0) is 42.3 Å². The van der Waals surface area contributed by atoms with Gasteiger partial charge in [0.2, 0.25) is 0 Å². The summed E-state index contributed by atoms with van der Waals surface area (Å²) in [6, 6.07) is 46.6.